The van der Waals surface area contributed by atoms with Gasteiger partial charge in [0.05, 0.1) is 0 Å². The fourth-order valence-electron chi connectivity index (χ4n) is 3.45. The monoisotopic (exact) mass is 419 g/mol. The zero-order chi connectivity index (χ0) is 20.7. The van der Waals surface area contributed by atoms with Crippen molar-refractivity contribution < 1.29 is 22.2 Å². The largest absolute Gasteiger partial charge is 0.740 e. The molecule has 7 heteroatoms. The van der Waals surface area contributed by atoms with E-state index >= 15 is 0 Å². The Morgan fingerprint density at radius 3 is 2.32 bits per heavy atom. The molecule has 0 heterocycles. The third-order valence-electron chi connectivity index (χ3n) is 5.19. The Kier molecular flexibility index (Phi) is 8.12. The van der Waals surface area contributed by atoms with E-state index in [1.54, 1.807) is 25.3 Å². The molecule has 0 aromatic heterocycles. The standard InChI is InChI=1S/C21H28O5SSi/c1-5-19(17-12-9-13-18(14-17)26-27(23)24)20(22)15-21(28(3,4)25-2)16-10-7-6-8-11-16/h6-14,19,21H,5,15H2,1-4H3,(H,23,24)/p-1. The van der Waals surface area contributed by atoms with Crippen LogP contribution in [0.2, 0.25) is 13.1 Å². The van der Waals surface area contributed by atoms with Crippen molar-refractivity contribution in [2.75, 3.05) is 7.11 Å². The summed E-state index contributed by atoms with van der Waals surface area (Å²) in [6, 6.07) is 16.7. The fraction of sp³-hybridized carbons (Fsp3) is 0.381. The van der Waals surface area contributed by atoms with E-state index in [0.29, 0.717) is 12.8 Å². The third kappa shape index (κ3) is 5.85. The molecule has 0 spiro atoms. The summed E-state index contributed by atoms with van der Waals surface area (Å²) in [4.78, 5) is 13.3. The van der Waals surface area contributed by atoms with Crippen LogP contribution in [-0.4, -0.2) is 30.0 Å². The lowest BCUT2D eigenvalue weighted by molar-refractivity contribution is -0.120. The summed E-state index contributed by atoms with van der Waals surface area (Å²) < 4.78 is 32.2. The SMILES string of the molecule is CCC(C(=O)CC(c1ccccc1)[Si](C)(C)OC)c1cccc(OS(=O)[O-])c1. The number of Topliss-reactive ketones (excluding diaryl/α,β-unsaturated/α-hetero) is 1. The zero-order valence-electron chi connectivity index (χ0n) is 16.7. The lowest BCUT2D eigenvalue weighted by Gasteiger charge is -2.32. The highest BCUT2D eigenvalue weighted by atomic mass is 32.2. The number of benzene rings is 2. The zero-order valence-corrected chi connectivity index (χ0v) is 18.5. The summed E-state index contributed by atoms with van der Waals surface area (Å²) in [6.45, 7) is 6.20. The van der Waals surface area contributed by atoms with Crippen LogP contribution >= 0.6 is 0 Å². The van der Waals surface area contributed by atoms with Gasteiger partial charge in [0.15, 0.2) is 8.32 Å². The van der Waals surface area contributed by atoms with Crippen LogP contribution < -0.4 is 4.18 Å². The molecule has 152 valence electrons. The van der Waals surface area contributed by atoms with E-state index in [-0.39, 0.29) is 23.0 Å². The summed E-state index contributed by atoms with van der Waals surface area (Å²) >= 11 is -2.64. The van der Waals surface area contributed by atoms with E-state index in [0.717, 1.165) is 11.1 Å². The third-order valence-corrected chi connectivity index (χ3v) is 8.79. The predicted octanol–water partition coefficient (Wildman–Crippen LogP) is 4.49. The maximum absolute atomic E-state index is 13.3. The lowest BCUT2D eigenvalue weighted by atomic mass is 9.89. The number of rotatable bonds is 10. The Morgan fingerprint density at radius 1 is 1.11 bits per heavy atom. The molecule has 0 N–H and O–H groups in total. The molecule has 3 unspecified atom stereocenters. The van der Waals surface area contributed by atoms with Gasteiger partial charge in [-0.2, -0.15) is 0 Å². The average Bonchev–Trinajstić information content (AvgIpc) is 2.67. The molecular formula is C21H27O5SSi-. The summed E-state index contributed by atoms with van der Waals surface area (Å²) in [5.74, 6) is 0.00849. The Labute approximate surface area is 170 Å². The van der Waals surface area contributed by atoms with Gasteiger partial charge in [-0.15, -0.1) is 0 Å². The van der Waals surface area contributed by atoms with Crippen molar-refractivity contribution in [3.8, 4) is 5.75 Å². The minimum atomic E-state index is -2.64. The summed E-state index contributed by atoms with van der Waals surface area (Å²) in [5.41, 5.74) is 1.91. The summed E-state index contributed by atoms with van der Waals surface area (Å²) in [5, 5.41) is 0. The first-order valence-electron chi connectivity index (χ1n) is 9.28. The second kappa shape index (κ2) is 10.1. The number of ketones is 1. The van der Waals surface area contributed by atoms with Crippen LogP contribution in [0.15, 0.2) is 54.6 Å². The summed E-state index contributed by atoms with van der Waals surface area (Å²) in [7, 11) is -0.414. The molecule has 0 saturated carbocycles. The van der Waals surface area contributed by atoms with Gasteiger partial charge in [0, 0.05) is 25.0 Å². The van der Waals surface area contributed by atoms with Gasteiger partial charge >= 0.3 is 0 Å². The maximum Gasteiger partial charge on any atom is 0.193 e. The van der Waals surface area contributed by atoms with Crippen LogP contribution in [0.4, 0.5) is 0 Å². The van der Waals surface area contributed by atoms with Crippen molar-refractivity contribution in [1.29, 1.82) is 0 Å². The highest BCUT2D eigenvalue weighted by Gasteiger charge is 2.36. The quantitative estimate of drug-likeness (QED) is 0.419. The van der Waals surface area contributed by atoms with Crippen molar-refractivity contribution in [1.82, 2.24) is 0 Å². The van der Waals surface area contributed by atoms with Gasteiger partial charge in [0.1, 0.15) is 22.9 Å². The van der Waals surface area contributed by atoms with Crippen molar-refractivity contribution in [3.05, 3.63) is 65.7 Å². The number of carbonyl (C=O) groups is 1. The molecule has 28 heavy (non-hydrogen) atoms. The molecule has 0 radical (unpaired) electrons. The highest BCUT2D eigenvalue weighted by Crippen LogP contribution is 2.34. The van der Waals surface area contributed by atoms with E-state index in [2.05, 4.69) is 13.1 Å². The maximum atomic E-state index is 13.3. The van der Waals surface area contributed by atoms with Gasteiger partial charge in [-0.05, 0) is 42.8 Å². The van der Waals surface area contributed by atoms with Gasteiger partial charge in [-0.1, -0.05) is 49.4 Å². The summed E-state index contributed by atoms with van der Waals surface area (Å²) in [6.07, 6.45) is 1.01. The van der Waals surface area contributed by atoms with Crippen LogP contribution in [0, 0.1) is 0 Å². The molecule has 0 bridgehead atoms. The van der Waals surface area contributed by atoms with Crippen LogP contribution in [0.5, 0.6) is 5.75 Å². The second-order valence-electron chi connectivity index (χ2n) is 7.26. The molecular weight excluding hydrogens is 392 g/mol. The van der Waals surface area contributed by atoms with Crippen molar-refractivity contribution in [3.63, 3.8) is 0 Å². The first kappa shape index (κ1) is 22.5. The normalized spacial score (nSPS) is 14.9. The van der Waals surface area contributed by atoms with E-state index in [1.807, 2.05) is 43.3 Å². The minimum absolute atomic E-state index is 0.0360. The van der Waals surface area contributed by atoms with Crippen molar-refractivity contribution >= 4 is 25.5 Å². The molecule has 0 aliphatic rings. The molecule has 0 fully saturated rings. The molecule has 0 aliphatic heterocycles. The van der Waals surface area contributed by atoms with Crippen LogP contribution in [0.25, 0.3) is 0 Å². The molecule has 0 saturated heterocycles. The average molecular weight is 420 g/mol. The number of hydrogen-bond donors (Lipinski definition) is 0. The molecule has 2 rings (SSSR count). The van der Waals surface area contributed by atoms with E-state index < -0.39 is 19.7 Å². The van der Waals surface area contributed by atoms with Crippen LogP contribution in [0.3, 0.4) is 0 Å². The van der Waals surface area contributed by atoms with Crippen molar-refractivity contribution in [2.45, 2.75) is 44.3 Å². The minimum Gasteiger partial charge on any atom is -0.740 e. The first-order valence-corrected chi connectivity index (χ1v) is 13.3. The number of carbonyl (C=O) groups excluding carboxylic acids is 1. The topological polar surface area (TPSA) is 75.7 Å². The van der Waals surface area contributed by atoms with Crippen LogP contribution in [0.1, 0.15) is 42.4 Å². The molecule has 5 nitrogen and oxygen atoms in total. The highest BCUT2D eigenvalue weighted by molar-refractivity contribution is 7.74. The molecule has 2 aromatic carbocycles. The second-order valence-corrected chi connectivity index (χ2v) is 12.1. The van der Waals surface area contributed by atoms with Gasteiger partial charge in [-0.3, -0.25) is 4.79 Å². The van der Waals surface area contributed by atoms with Crippen LogP contribution in [-0.2, 0) is 20.6 Å². The molecule has 0 amide bonds. The van der Waals surface area contributed by atoms with Gasteiger partial charge in [0.2, 0.25) is 0 Å². The van der Waals surface area contributed by atoms with E-state index in [9.17, 15) is 13.6 Å². The smallest absolute Gasteiger partial charge is 0.193 e. The fourth-order valence-corrected chi connectivity index (χ4v) is 5.68. The Bertz CT molecular complexity index is 809. The van der Waals surface area contributed by atoms with Gasteiger partial charge in [-0.25, -0.2) is 4.21 Å². The van der Waals surface area contributed by atoms with Gasteiger partial charge < -0.3 is 13.2 Å². The van der Waals surface area contributed by atoms with E-state index in [4.69, 9.17) is 8.61 Å². The molecule has 3 atom stereocenters. The molecule has 0 aliphatic carbocycles. The lowest BCUT2D eigenvalue weighted by Crippen LogP contribution is -2.39. The number of hydrogen-bond acceptors (Lipinski definition) is 5. The first-order chi connectivity index (χ1) is 13.3. The Balaban J connectivity index is 2.29. The molecule has 2 aromatic rings. The Hall–Kier alpha value is -1.80. The predicted molar refractivity (Wildman–Crippen MR) is 112 cm³/mol. The van der Waals surface area contributed by atoms with E-state index in [1.165, 1.54) is 0 Å². The Morgan fingerprint density at radius 2 is 1.75 bits per heavy atom. The van der Waals surface area contributed by atoms with Gasteiger partial charge in [0.25, 0.3) is 0 Å². The van der Waals surface area contributed by atoms with Crippen molar-refractivity contribution in [2.24, 2.45) is 0 Å².